The van der Waals surface area contributed by atoms with Gasteiger partial charge in [0.05, 0.1) is 18.8 Å². The van der Waals surface area contributed by atoms with Gasteiger partial charge in [0.25, 0.3) is 0 Å². The minimum atomic E-state index is -0.912. The molecule has 0 radical (unpaired) electrons. The Hall–Kier alpha value is -1.65. The van der Waals surface area contributed by atoms with Crippen molar-refractivity contribution in [2.45, 2.75) is 13.8 Å². The van der Waals surface area contributed by atoms with Crippen molar-refractivity contribution in [2.75, 3.05) is 13.2 Å². The summed E-state index contributed by atoms with van der Waals surface area (Å²) in [5, 5.41) is 0. The lowest BCUT2D eigenvalue weighted by atomic mass is 10.2. The van der Waals surface area contributed by atoms with Gasteiger partial charge in [0.2, 0.25) is 0 Å². The number of benzene rings is 1. The molecule has 0 N–H and O–H groups in total. The first-order valence-electron chi connectivity index (χ1n) is 4.89. The predicted molar refractivity (Wildman–Crippen MR) is 53.5 cm³/mol. The van der Waals surface area contributed by atoms with Gasteiger partial charge in [-0.15, -0.1) is 0 Å². The maximum atomic E-state index is 13.3. The smallest absolute Gasteiger partial charge is 0.338 e. The van der Waals surface area contributed by atoms with Gasteiger partial charge in [-0.05, 0) is 26.0 Å². The van der Waals surface area contributed by atoms with Crippen molar-refractivity contribution in [2.24, 2.45) is 0 Å². The third-order valence-electron chi connectivity index (χ3n) is 1.80. The van der Waals surface area contributed by atoms with E-state index >= 15 is 0 Å². The fourth-order valence-electron chi connectivity index (χ4n) is 1.17. The van der Waals surface area contributed by atoms with Gasteiger partial charge in [0.15, 0.2) is 17.4 Å². The van der Waals surface area contributed by atoms with Crippen LogP contribution in [0.25, 0.3) is 0 Å². The van der Waals surface area contributed by atoms with E-state index in [1.807, 2.05) is 0 Å². The summed E-state index contributed by atoms with van der Waals surface area (Å²) in [5.74, 6) is -3.06. The highest BCUT2D eigenvalue weighted by atomic mass is 19.1. The molecule has 0 aliphatic rings. The van der Waals surface area contributed by atoms with E-state index in [2.05, 4.69) is 4.74 Å². The van der Waals surface area contributed by atoms with Crippen LogP contribution in [0.5, 0.6) is 5.75 Å². The predicted octanol–water partition coefficient (Wildman–Crippen LogP) is 2.54. The maximum Gasteiger partial charge on any atom is 0.338 e. The van der Waals surface area contributed by atoms with Crippen molar-refractivity contribution in [1.82, 2.24) is 0 Å². The molecular weight excluding hydrogens is 218 g/mol. The summed E-state index contributed by atoms with van der Waals surface area (Å²) < 4.78 is 36.0. The Morgan fingerprint density at radius 2 is 1.75 bits per heavy atom. The number of rotatable bonds is 4. The third kappa shape index (κ3) is 2.68. The lowest BCUT2D eigenvalue weighted by Crippen LogP contribution is -2.07. The molecule has 0 saturated heterocycles. The topological polar surface area (TPSA) is 35.5 Å². The average Bonchev–Trinajstić information content (AvgIpc) is 2.23. The molecule has 0 heterocycles. The molecule has 0 aliphatic carbocycles. The van der Waals surface area contributed by atoms with Gasteiger partial charge >= 0.3 is 5.97 Å². The van der Waals surface area contributed by atoms with Crippen LogP contribution < -0.4 is 4.74 Å². The van der Waals surface area contributed by atoms with Crippen molar-refractivity contribution in [3.63, 3.8) is 0 Å². The molecule has 0 aromatic heterocycles. The first-order valence-corrected chi connectivity index (χ1v) is 4.89. The van der Waals surface area contributed by atoms with Crippen molar-refractivity contribution in [3.05, 3.63) is 29.3 Å². The molecule has 0 saturated carbocycles. The molecule has 1 aromatic rings. The van der Waals surface area contributed by atoms with Crippen LogP contribution in [0.15, 0.2) is 12.1 Å². The van der Waals surface area contributed by atoms with Crippen molar-refractivity contribution < 1.29 is 23.0 Å². The summed E-state index contributed by atoms with van der Waals surface area (Å²) in [6.45, 7) is 3.51. The number of carbonyl (C=O) groups excluding carboxylic acids is 1. The van der Waals surface area contributed by atoms with E-state index in [0.717, 1.165) is 12.1 Å². The zero-order valence-electron chi connectivity index (χ0n) is 9.05. The van der Waals surface area contributed by atoms with E-state index in [4.69, 9.17) is 4.74 Å². The van der Waals surface area contributed by atoms with E-state index in [1.165, 1.54) is 0 Å². The fourth-order valence-corrected chi connectivity index (χ4v) is 1.17. The zero-order valence-corrected chi connectivity index (χ0v) is 9.05. The first kappa shape index (κ1) is 12.4. The molecule has 88 valence electrons. The standard InChI is InChI=1S/C11H12F2O3/c1-3-15-10-8(12)5-7(6-9(10)13)11(14)16-4-2/h5-6H,3-4H2,1-2H3. The SMILES string of the molecule is CCOC(=O)c1cc(F)c(OCC)c(F)c1. The Bertz CT molecular complexity index is 368. The van der Waals surface area contributed by atoms with Gasteiger partial charge in [-0.3, -0.25) is 0 Å². The Kier molecular flexibility index (Phi) is 4.22. The lowest BCUT2D eigenvalue weighted by molar-refractivity contribution is 0.0525. The van der Waals surface area contributed by atoms with Crippen molar-refractivity contribution in [1.29, 1.82) is 0 Å². The second-order valence-electron chi connectivity index (χ2n) is 2.92. The Labute approximate surface area is 92.0 Å². The normalized spacial score (nSPS) is 10.0. The Morgan fingerprint density at radius 3 is 2.19 bits per heavy atom. The highest BCUT2D eigenvalue weighted by molar-refractivity contribution is 5.89. The molecule has 0 amide bonds. The molecule has 1 rings (SSSR count). The summed E-state index contributed by atoms with van der Waals surface area (Å²) in [7, 11) is 0. The molecule has 5 heteroatoms. The highest BCUT2D eigenvalue weighted by Gasteiger charge is 2.16. The van der Waals surface area contributed by atoms with Gasteiger partial charge in [-0.2, -0.15) is 0 Å². The number of ether oxygens (including phenoxy) is 2. The van der Waals surface area contributed by atoms with E-state index in [9.17, 15) is 13.6 Å². The van der Waals surface area contributed by atoms with Crippen LogP contribution in [0.1, 0.15) is 24.2 Å². The average molecular weight is 230 g/mol. The van der Waals surface area contributed by atoms with Crippen LogP contribution in [0.4, 0.5) is 8.78 Å². The van der Waals surface area contributed by atoms with Crippen LogP contribution in [0.2, 0.25) is 0 Å². The monoisotopic (exact) mass is 230 g/mol. The summed E-state index contributed by atoms with van der Waals surface area (Å²) >= 11 is 0. The zero-order chi connectivity index (χ0) is 12.1. The summed E-state index contributed by atoms with van der Waals surface area (Å²) in [5.41, 5.74) is -0.166. The number of esters is 1. The second kappa shape index (κ2) is 5.44. The minimum absolute atomic E-state index is 0.145. The van der Waals surface area contributed by atoms with E-state index in [1.54, 1.807) is 13.8 Å². The number of hydrogen-bond acceptors (Lipinski definition) is 3. The molecule has 0 fully saturated rings. The quantitative estimate of drug-likeness (QED) is 0.745. The summed E-state index contributed by atoms with van der Waals surface area (Å²) in [4.78, 5) is 11.2. The van der Waals surface area contributed by atoms with Gasteiger partial charge in [0, 0.05) is 0 Å². The second-order valence-corrected chi connectivity index (χ2v) is 2.92. The summed E-state index contributed by atoms with van der Waals surface area (Å²) in [6, 6.07) is 1.79. The number of hydrogen-bond donors (Lipinski definition) is 0. The van der Waals surface area contributed by atoms with Crippen molar-refractivity contribution >= 4 is 5.97 Å². The Morgan fingerprint density at radius 1 is 1.19 bits per heavy atom. The molecule has 0 spiro atoms. The third-order valence-corrected chi connectivity index (χ3v) is 1.80. The molecular formula is C11H12F2O3. The largest absolute Gasteiger partial charge is 0.488 e. The maximum absolute atomic E-state index is 13.3. The van der Waals surface area contributed by atoms with Crippen LogP contribution in [0.3, 0.4) is 0 Å². The highest BCUT2D eigenvalue weighted by Crippen LogP contribution is 2.23. The molecule has 0 atom stereocenters. The van der Waals surface area contributed by atoms with E-state index < -0.39 is 23.4 Å². The van der Waals surface area contributed by atoms with Gasteiger partial charge in [-0.1, -0.05) is 0 Å². The van der Waals surface area contributed by atoms with Crippen molar-refractivity contribution in [3.8, 4) is 5.75 Å². The molecule has 3 nitrogen and oxygen atoms in total. The van der Waals surface area contributed by atoms with Gasteiger partial charge in [0.1, 0.15) is 0 Å². The minimum Gasteiger partial charge on any atom is -0.488 e. The van der Waals surface area contributed by atoms with E-state index in [-0.39, 0.29) is 18.8 Å². The van der Waals surface area contributed by atoms with E-state index in [0.29, 0.717) is 0 Å². The fraction of sp³-hybridized carbons (Fsp3) is 0.364. The first-order chi connectivity index (χ1) is 7.60. The molecule has 16 heavy (non-hydrogen) atoms. The summed E-state index contributed by atoms with van der Waals surface area (Å²) in [6.07, 6.45) is 0. The van der Waals surface area contributed by atoms with Crippen LogP contribution in [0, 0.1) is 11.6 Å². The molecule has 0 unspecified atom stereocenters. The van der Waals surface area contributed by atoms with Crippen LogP contribution in [-0.4, -0.2) is 19.2 Å². The molecule has 0 aliphatic heterocycles. The van der Waals surface area contributed by atoms with Gasteiger partial charge < -0.3 is 9.47 Å². The van der Waals surface area contributed by atoms with Crippen LogP contribution >= 0.6 is 0 Å². The van der Waals surface area contributed by atoms with Crippen LogP contribution in [-0.2, 0) is 4.74 Å². The number of carbonyl (C=O) groups is 1. The lowest BCUT2D eigenvalue weighted by Gasteiger charge is -2.07. The molecule has 0 bridgehead atoms. The van der Waals surface area contributed by atoms with Gasteiger partial charge in [-0.25, -0.2) is 13.6 Å². The Balaban J connectivity index is 3.04. The molecule has 1 aromatic carbocycles. The number of halogens is 2.